The third-order valence-electron chi connectivity index (χ3n) is 1.66. The van der Waals surface area contributed by atoms with Crippen LogP contribution in [0.4, 0.5) is 0 Å². The molecule has 0 N–H and O–H groups in total. The summed E-state index contributed by atoms with van der Waals surface area (Å²) in [5.74, 6) is -0.0810. The van der Waals surface area contributed by atoms with Crippen molar-refractivity contribution in [1.29, 1.82) is 0 Å². The summed E-state index contributed by atoms with van der Waals surface area (Å²) in [4.78, 5) is 12.4. The average Bonchev–Trinajstić information content (AvgIpc) is 2.73. The maximum Gasteiger partial charge on any atom is 0.207 e. The van der Waals surface area contributed by atoms with E-state index in [1.807, 2.05) is 0 Å². The molecule has 72 valence electrons. The summed E-state index contributed by atoms with van der Waals surface area (Å²) in [6.45, 7) is 0. The Bertz CT molecular complexity index is 475. The molecule has 0 radical (unpaired) electrons. The minimum absolute atomic E-state index is 0.0810. The molecule has 5 heteroatoms. The third kappa shape index (κ3) is 1.78. The maximum atomic E-state index is 11.8. The average molecular weight is 292 g/mol. The summed E-state index contributed by atoms with van der Waals surface area (Å²) in [7, 11) is 0. The monoisotopic (exact) mass is 290 g/mol. The third-order valence-corrected chi connectivity index (χ3v) is 3.50. The van der Waals surface area contributed by atoms with Gasteiger partial charge in [0.2, 0.25) is 5.78 Å². The molecule has 0 bridgehead atoms. The Morgan fingerprint density at radius 2 is 2.21 bits per heavy atom. The van der Waals surface area contributed by atoms with Gasteiger partial charge in [0.1, 0.15) is 0 Å². The minimum atomic E-state index is -0.0810. The molecule has 0 aliphatic carbocycles. The van der Waals surface area contributed by atoms with Crippen LogP contribution in [0.15, 0.2) is 33.5 Å². The first-order valence-corrected chi connectivity index (χ1v) is 5.70. The molecule has 0 amide bonds. The van der Waals surface area contributed by atoms with E-state index in [1.165, 1.54) is 17.6 Å². The van der Waals surface area contributed by atoms with Gasteiger partial charge in [-0.2, -0.15) is 0 Å². The van der Waals surface area contributed by atoms with Gasteiger partial charge < -0.3 is 4.42 Å². The van der Waals surface area contributed by atoms with Crippen LogP contribution in [-0.4, -0.2) is 5.78 Å². The number of furan rings is 1. The highest BCUT2D eigenvalue weighted by molar-refractivity contribution is 9.10. The number of rotatable bonds is 2. The van der Waals surface area contributed by atoms with E-state index in [-0.39, 0.29) is 5.78 Å². The molecule has 0 atom stereocenters. The lowest BCUT2D eigenvalue weighted by atomic mass is 10.2. The van der Waals surface area contributed by atoms with E-state index in [1.54, 1.807) is 18.2 Å². The molecule has 14 heavy (non-hydrogen) atoms. The summed E-state index contributed by atoms with van der Waals surface area (Å²) in [6, 6.07) is 5.03. The molecule has 0 saturated heterocycles. The van der Waals surface area contributed by atoms with E-state index in [0.29, 0.717) is 19.4 Å². The number of ketones is 1. The van der Waals surface area contributed by atoms with Gasteiger partial charge in [0.25, 0.3) is 0 Å². The molecule has 0 fully saturated rings. The van der Waals surface area contributed by atoms with Crippen LogP contribution in [0.3, 0.4) is 0 Å². The molecule has 0 saturated carbocycles. The number of halogens is 2. The fraction of sp³-hybridized carbons (Fsp3) is 0. The molecule has 2 aromatic heterocycles. The highest BCUT2D eigenvalue weighted by Gasteiger charge is 2.16. The van der Waals surface area contributed by atoms with Crippen LogP contribution in [0.5, 0.6) is 0 Å². The Morgan fingerprint density at radius 1 is 1.43 bits per heavy atom. The molecular weight excluding hydrogens is 288 g/mol. The van der Waals surface area contributed by atoms with Crippen LogP contribution in [0.1, 0.15) is 15.2 Å². The SMILES string of the molecule is O=C(c1ccc(Cl)s1)c1ccoc1Br. The summed E-state index contributed by atoms with van der Waals surface area (Å²) >= 11 is 10.1. The first-order valence-electron chi connectivity index (χ1n) is 3.71. The number of thiophene rings is 1. The van der Waals surface area contributed by atoms with Gasteiger partial charge in [0, 0.05) is 0 Å². The van der Waals surface area contributed by atoms with E-state index in [2.05, 4.69) is 15.9 Å². The Kier molecular flexibility index (Phi) is 2.76. The van der Waals surface area contributed by atoms with Crippen molar-refractivity contribution in [3.63, 3.8) is 0 Å². The topological polar surface area (TPSA) is 30.2 Å². The van der Waals surface area contributed by atoms with Crippen molar-refractivity contribution >= 4 is 44.7 Å². The standard InChI is InChI=1S/C9H4BrClO2S/c10-9-5(3-4-13-9)8(12)6-1-2-7(11)14-6/h1-4H. The van der Waals surface area contributed by atoms with Crippen LogP contribution in [0, 0.1) is 0 Å². The Hall–Kier alpha value is -0.580. The molecular formula is C9H4BrClO2S. The normalized spacial score (nSPS) is 10.4. The lowest BCUT2D eigenvalue weighted by Gasteiger charge is -1.92. The number of carbonyl (C=O) groups is 1. The fourth-order valence-corrected chi connectivity index (χ4v) is 2.44. The van der Waals surface area contributed by atoms with Crippen molar-refractivity contribution in [2.75, 3.05) is 0 Å². The molecule has 2 rings (SSSR count). The van der Waals surface area contributed by atoms with E-state index in [9.17, 15) is 4.79 Å². The summed E-state index contributed by atoms with van der Waals surface area (Å²) in [5.41, 5.74) is 0.517. The second-order valence-corrected chi connectivity index (χ2v) is 4.98. The van der Waals surface area contributed by atoms with E-state index < -0.39 is 0 Å². The Labute approximate surface area is 97.6 Å². The van der Waals surface area contributed by atoms with Crippen molar-refractivity contribution in [2.24, 2.45) is 0 Å². The quantitative estimate of drug-likeness (QED) is 0.783. The molecule has 2 aromatic rings. The van der Waals surface area contributed by atoms with E-state index >= 15 is 0 Å². The molecule has 0 spiro atoms. The van der Waals surface area contributed by atoms with E-state index in [0.717, 1.165) is 0 Å². The fourth-order valence-electron chi connectivity index (χ4n) is 1.02. The summed E-state index contributed by atoms with van der Waals surface area (Å²) in [5, 5.41) is 0. The van der Waals surface area contributed by atoms with Crippen molar-refractivity contribution in [1.82, 2.24) is 0 Å². The highest BCUT2D eigenvalue weighted by Crippen LogP contribution is 2.27. The molecule has 0 unspecified atom stereocenters. The van der Waals surface area contributed by atoms with Crippen LogP contribution in [0.25, 0.3) is 0 Å². The van der Waals surface area contributed by atoms with Gasteiger partial charge in [-0.05, 0) is 34.1 Å². The number of hydrogen-bond acceptors (Lipinski definition) is 3. The van der Waals surface area contributed by atoms with Crippen LogP contribution in [-0.2, 0) is 0 Å². The van der Waals surface area contributed by atoms with Gasteiger partial charge in [-0.1, -0.05) is 11.6 Å². The number of carbonyl (C=O) groups excluding carboxylic acids is 1. The summed E-state index contributed by atoms with van der Waals surface area (Å²) in [6.07, 6.45) is 1.46. The van der Waals surface area contributed by atoms with Gasteiger partial charge in [-0.25, -0.2) is 0 Å². The molecule has 0 aromatic carbocycles. The zero-order valence-corrected chi connectivity index (χ0v) is 9.95. The van der Waals surface area contributed by atoms with Crippen LogP contribution < -0.4 is 0 Å². The number of hydrogen-bond donors (Lipinski definition) is 0. The zero-order valence-electron chi connectivity index (χ0n) is 6.79. The Balaban J connectivity index is 2.38. The lowest BCUT2D eigenvalue weighted by Crippen LogP contribution is -1.96. The predicted octanol–water partition coefficient (Wildman–Crippen LogP) is 3.99. The molecule has 0 aliphatic rings. The van der Waals surface area contributed by atoms with E-state index in [4.69, 9.17) is 16.0 Å². The second-order valence-electron chi connectivity index (χ2n) is 2.54. The van der Waals surface area contributed by atoms with Gasteiger partial charge in [0.05, 0.1) is 21.0 Å². The van der Waals surface area contributed by atoms with Gasteiger partial charge in [-0.3, -0.25) is 4.79 Å². The van der Waals surface area contributed by atoms with Gasteiger partial charge in [-0.15, -0.1) is 11.3 Å². The second kappa shape index (κ2) is 3.88. The molecule has 2 heterocycles. The lowest BCUT2D eigenvalue weighted by molar-refractivity contribution is 0.104. The predicted molar refractivity (Wildman–Crippen MR) is 59.2 cm³/mol. The van der Waals surface area contributed by atoms with Gasteiger partial charge in [0.15, 0.2) is 4.67 Å². The maximum absolute atomic E-state index is 11.8. The van der Waals surface area contributed by atoms with Crippen molar-refractivity contribution < 1.29 is 9.21 Å². The highest BCUT2D eigenvalue weighted by atomic mass is 79.9. The minimum Gasteiger partial charge on any atom is -0.457 e. The first-order chi connectivity index (χ1) is 6.68. The van der Waals surface area contributed by atoms with Crippen LogP contribution in [0.2, 0.25) is 4.34 Å². The molecule has 2 nitrogen and oxygen atoms in total. The van der Waals surface area contributed by atoms with Crippen LogP contribution >= 0.6 is 38.9 Å². The first kappa shape index (κ1) is 9.96. The summed E-state index contributed by atoms with van der Waals surface area (Å²) < 4.78 is 6.04. The van der Waals surface area contributed by atoms with Crippen molar-refractivity contribution in [3.05, 3.63) is 43.9 Å². The smallest absolute Gasteiger partial charge is 0.207 e. The van der Waals surface area contributed by atoms with Crippen molar-refractivity contribution in [3.8, 4) is 0 Å². The van der Waals surface area contributed by atoms with Gasteiger partial charge >= 0.3 is 0 Å². The Morgan fingerprint density at radius 3 is 2.71 bits per heavy atom. The zero-order chi connectivity index (χ0) is 10.1. The van der Waals surface area contributed by atoms with Crippen molar-refractivity contribution in [2.45, 2.75) is 0 Å². The largest absolute Gasteiger partial charge is 0.457 e. The molecule has 0 aliphatic heterocycles.